The van der Waals surface area contributed by atoms with Crippen LogP contribution in [-0.4, -0.2) is 22.1 Å². The lowest BCUT2D eigenvalue weighted by atomic mass is 10.2. The van der Waals surface area contributed by atoms with Crippen LogP contribution in [0.4, 0.5) is 0 Å². The highest BCUT2D eigenvalue weighted by Gasteiger charge is 2.10. The fraction of sp³-hybridized carbons (Fsp3) is 0.385. The Bertz CT molecular complexity index is 555. The summed E-state index contributed by atoms with van der Waals surface area (Å²) in [5.41, 5.74) is 7.67. The molecule has 0 radical (unpaired) electrons. The van der Waals surface area contributed by atoms with Crippen LogP contribution in [0.1, 0.15) is 30.6 Å². The number of ether oxygens (including phenoxy) is 1. The molecular formula is C13H17ClN4O. The molecule has 2 rings (SSSR count). The standard InChI is InChI=1S/C13H17ClN4O/c1-3-11(15)12-8-18(17-16-12)7-9-6-10(14)4-5-13(9)19-2/h4-6,8,11H,3,7,15H2,1-2H3. The topological polar surface area (TPSA) is 66.0 Å². The fourth-order valence-electron chi connectivity index (χ4n) is 1.81. The molecule has 1 heterocycles. The van der Waals surface area contributed by atoms with Crippen LogP contribution in [0, 0.1) is 0 Å². The summed E-state index contributed by atoms with van der Waals surface area (Å²) < 4.78 is 7.04. The first-order valence-electron chi connectivity index (χ1n) is 6.12. The molecule has 0 spiro atoms. The quantitative estimate of drug-likeness (QED) is 0.913. The predicted octanol–water partition coefficient (Wildman–Crippen LogP) is 2.40. The number of benzene rings is 1. The van der Waals surface area contributed by atoms with Crippen molar-refractivity contribution < 1.29 is 4.74 Å². The third kappa shape index (κ3) is 3.24. The zero-order chi connectivity index (χ0) is 13.8. The van der Waals surface area contributed by atoms with Gasteiger partial charge in [-0.15, -0.1) is 5.10 Å². The van der Waals surface area contributed by atoms with E-state index in [-0.39, 0.29) is 6.04 Å². The molecule has 0 aliphatic heterocycles. The van der Waals surface area contributed by atoms with E-state index >= 15 is 0 Å². The van der Waals surface area contributed by atoms with Crippen molar-refractivity contribution in [3.05, 3.63) is 40.7 Å². The van der Waals surface area contributed by atoms with E-state index in [9.17, 15) is 0 Å². The predicted molar refractivity (Wildman–Crippen MR) is 74.3 cm³/mol. The summed E-state index contributed by atoms with van der Waals surface area (Å²) in [7, 11) is 1.63. The van der Waals surface area contributed by atoms with Crippen LogP contribution in [-0.2, 0) is 6.54 Å². The molecule has 0 aliphatic rings. The lowest BCUT2D eigenvalue weighted by Gasteiger charge is -2.08. The van der Waals surface area contributed by atoms with Crippen LogP contribution in [0.15, 0.2) is 24.4 Å². The van der Waals surface area contributed by atoms with E-state index in [4.69, 9.17) is 22.1 Å². The van der Waals surface area contributed by atoms with Crippen molar-refractivity contribution in [2.75, 3.05) is 7.11 Å². The van der Waals surface area contributed by atoms with E-state index < -0.39 is 0 Å². The second-order valence-corrected chi connectivity index (χ2v) is 4.75. The molecule has 0 fully saturated rings. The first-order valence-corrected chi connectivity index (χ1v) is 6.49. The fourth-order valence-corrected chi connectivity index (χ4v) is 2.01. The van der Waals surface area contributed by atoms with Crippen LogP contribution < -0.4 is 10.5 Å². The average molecular weight is 281 g/mol. The van der Waals surface area contributed by atoms with E-state index in [1.807, 2.05) is 25.3 Å². The molecule has 0 saturated heterocycles. The second kappa shape index (κ2) is 6.04. The van der Waals surface area contributed by atoms with Crippen molar-refractivity contribution in [3.63, 3.8) is 0 Å². The molecule has 0 amide bonds. The molecule has 1 atom stereocenters. The number of aromatic nitrogens is 3. The number of nitrogens with two attached hydrogens (primary N) is 1. The van der Waals surface area contributed by atoms with Gasteiger partial charge in [0.2, 0.25) is 0 Å². The number of methoxy groups -OCH3 is 1. The first-order chi connectivity index (χ1) is 9.13. The maximum absolute atomic E-state index is 6.00. The van der Waals surface area contributed by atoms with Gasteiger partial charge >= 0.3 is 0 Å². The Hall–Kier alpha value is -1.59. The van der Waals surface area contributed by atoms with E-state index in [1.54, 1.807) is 17.9 Å². The van der Waals surface area contributed by atoms with Gasteiger partial charge in [0.25, 0.3) is 0 Å². The summed E-state index contributed by atoms with van der Waals surface area (Å²) in [6.45, 7) is 2.57. The monoisotopic (exact) mass is 280 g/mol. The molecular weight excluding hydrogens is 264 g/mol. The molecule has 0 aliphatic carbocycles. The van der Waals surface area contributed by atoms with Crippen LogP contribution in [0.2, 0.25) is 5.02 Å². The minimum Gasteiger partial charge on any atom is -0.496 e. The van der Waals surface area contributed by atoms with Gasteiger partial charge in [0, 0.05) is 10.6 Å². The molecule has 6 heteroatoms. The average Bonchev–Trinajstić information content (AvgIpc) is 2.86. The lowest BCUT2D eigenvalue weighted by molar-refractivity contribution is 0.407. The Morgan fingerprint density at radius 1 is 1.47 bits per heavy atom. The third-order valence-corrected chi connectivity index (χ3v) is 3.19. The zero-order valence-electron chi connectivity index (χ0n) is 11.0. The van der Waals surface area contributed by atoms with Gasteiger partial charge < -0.3 is 10.5 Å². The molecule has 1 unspecified atom stereocenters. The van der Waals surface area contributed by atoms with E-state index in [0.717, 1.165) is 23.4 Å². The van der Waals surface area contributed by atoms with Gasteiger partial charge in [-0.25, -0.2) is 4.68 Å². The largest absolute Gasteiger partial charge is 0.496 e. The Balaban J connectivity index is 2.21. The number of halogens is 1. The maximum atomic E-state index is 6.00. The number of hydrogen-bond donors (Lipinski definition) is 1. The van der Waals surface area contributed by atoms with Gasteiger partial charge in [-0.3, -0.25) is 0 Å². The molecule has 2 aromatic rings. The lowest BCUT2D eigenvalue weighted by Crippen LogP contribution is -2.08. The molecule has 1 aromatic heterocycles. The molecule has 1 aromatic carbocycles. The molecule has 2 N–H and O–H groups in total. The van der Waals surface area contributed by atoms with Gasteiger partial charge in [0.1, 0.15) is 5.75 Å². The summed E-state index contributed by atoms with van der Waals surface area (Å²) >= 11 is 6.00. The van der Waals surface area contributed by atoms with Gasteiger partial charge in [0.15, 0.2) is 0 Å². The van der Waals surface area contributed by atoms with Crippen LogP contribution in [0.3, 0.4) is 0 Å². The number of nitrogens with zero attached hydrogens (tertiary/aromatic N) is 3. The van der Waals surface area contributed by atoms with Crippen molar-refractivity contribution in [2.24, 2.45) is 5.73 Å². The summed E-state index contributed by atoms with van der Waals surface area (Å²) in [5, 5.41) is 8.82. The number of rotatable bonds is 5. The second-order valence-electron chi connectivity index (χ2n) is 4.31. The summed E-state index contributed by atoms with van der Waals surface area (Å²) in [4.78, 5) is 0. The first kappa shape index (κ1) is 13.8. The van der Waals surface area contributed by atoms with Crippen molar-refractivity contribution >= 4 is 11.6 Å². The summed E-state index contributed by atoms with van der Waals surface area (Å²) in [6, 6.07) is 5.42. The highest BCUT2D eigenvalue weighted by Crippen LogP contribution is 2.23. The van der Waals surface area contributed by atoms with Crippen LogP contribution >= 0.6 is 11.6 Å². The van der Waals surface area contributed by atoms with E-state index in [1.165, 1.54) is 0 Å². The van der Waals surface area contributed by atoms with E-state index in [0.29, 0.717) is 11.6 Å². The van der Waals surface area contributed by atoms with E-state index in [2.05, 4.69) is 10.3 Å². The van der Waals surface area contributed by atoms with Gasteiger partial charge in [0.05, 0.1) is 31.6 Å². The SMILES string of the molecule is CCC(N)c1cn(Cc2cc(Cl)ccc2OC)nn1. The minimum absolute atomic E-state index is 0.0741. The van der Waals surface area contributed by atoms with Gasteiger partial charge in [-0.1, -0.05) is 23.7 Å². The molecule has 5 nitrogen and oxygen atoms in total. The summed E-state index contributed by atoms with van der Waals surface area (Å²) in [5.74, 6) is 0.779. The Labute approximate surface area is 117 Å². The smallest absolute Gasteiger partial charge is 0.124 e. The molecule has 0 saturated carbocycles. The Kier molecular flexibility index (Phi) is 4.39. The highest BCUT2D eigenvalue weighted by atomic mass is 35.5. The maximum Gasteiger partial charge on any atom is 0.124 e. The Morgan fingerprint density at radius 3 is 2.95 bits per heavy atom. The van der Waals surface area contributed by atoms with Crippen molar-refractivity contribution in [2.45, 2.75) is 25.9 Å². The minimum atomic E-state index is -0.0741. The number of hydrogen-bond acceptors (Lipinski definition) is 4. The van der Waals surface area contributed by atoms with Crippen molar-refractivity contribution in [3.8, 4) is 5.75 Å². The molecule has 102 valence electrons. The third-order valence-electron chi connectivity index (χ3n) is 2.95. The highest BCUT2D eigenvalue weighted by molar-refractivity contribution is 6.30. The van der Waals surface area contributed by atoms with Crippen molar-refractivity contribution in [1.29, 1.82) is 0 Å². The zero-order valence-corrected chi connectivity index (χ0v) is 11.8. The summed E-state index contributed by atoms with van der Waals surface area (Å²) in [6.07, 6.45) is 2.69. The van der Waals surface area contributed by atoms with Crippen molar-refractivity contribution in [1.82, 2.24) is 15.0 Å². The Morgan fingerprint density at radius 2 is 2.26 bits per heavy atom. The van der Waals surface area contributed by atoms with Crippen LogP contribution in [0.25, 0.3) is 0 Å². The van der Waals surface area contributed by atoms with Gasteiger partial charge in [-0.2, -0.15) is 0 Å². The van der Waals surface area contributed by atoms with Crippen LogP contribution in [0.5, 0.6) is 5.75 Å². The normalized spacial score (nSPS) is 12.4. The van der Waals surface area contributed by atoms with Gasteiger partial charge in [-0.05, 0) is 24.6 Å². The molecule has 0 bridgehead atoms. The molecule has 19 heavy (non-hydrogen) atoms.